The normalized spacial score (nSPS) is 8.91. The van der Waals surface area contributed by atoms with Crippen molar-refractivity contribution < 1.29 is 5.11 Å². The number of halogens is 1. The Labute approximate surface area is 72.7 Å². The Morgan fingerprint density at radius 3 is 2.55 bits per heavy atom. The van der Waals surface area contributed by atoms with Crippen molar-refractivity contribution in [3.8, 4) is 5.75 Å². The van der Waals surface area contributed by atoms with Gasteiger partial charge in [-0.2, -0.15) is 0 Å². The van der Waals surface area contributed by atoms with Gasteiger partial charge in [-0.05, 0) is 25.5 Å². The highest BCUT2D eigenvalue weighted by atomic mass is 35.5. The zero-order valence-electron chi connectivity index (χ0n) is 6.66. The molecule has 0 aliphatic rings. The number of aryl methyl sites for hydroxylation is 2. The van der Waals surface area contributed by atoms with E-state index in [-0.39, 0.29) is 18.2 Å². The highest BCUT2D eigenvalue weighted by Gasteiger charge is 1.96. The minimum atomic E-state index is 0. The summed E-state index contributed by atoms with van der Waals surface area (Å²) in [4.78, 5) is 4.14. The standard InChI is InChI=1S/C8H11NO.ClH/c1-3-7-4-5-8(10)6(2)9-7;/h4-5,10H,3H2,1-2H3;1H. The second-order valence-corrected chi connectivity index (χ2v) is 2.26. The number of rotatable bonds is 1. The van der Waals surface area contributed by atoms with Gasteiger partial charge < -0.3 is 5.11 Å². The smallest absolute Gasteiger partial charge is 0.136 e. The minimum absolute atomic E-state index is 0. The minimum Gasteiger partial charge on any atom is -0.506 e. The second kappa shape index (κ2) is 4.19. The summed E-state index contributed by atoms with van der Waals surface area (Å²) in [7, 11) is 0. The van der Waals surface area contributed by atoms with E-state index in [0.717, 1.165) is 12.1 Å². The molecular weight excluding hydrogens is 162 g/mol. The number of aromatic nitrogens is 1. The summed E-state index contributed by atoms with van der Waals surface area (Å²) in [6, 6.07) is 3.52. The summed E-state index contributed by atoms with van der Waals surface area (Å²) in [5, 5.41) is 9.08. The topological polar surface area (TPSA) is 33.1 Å². The van der Waals surface area contributed by atoms with Gasteiger partial charge in [-0.1, -0.05) is 6.92 Å². The molecule has 1 aromatic rings. The molecule has 0 saturated heterocycles. The molecule has 0 aliphatic heterocycles. The highest BCUT2D eigenvalue weighted by Crippen LogP contribution is 2.12. The molecule has 0 atom stereocenters. The summed E-state index contributed by atoms with van der Waals surface area (Å²) in [6.07, 6.45) is 0.918. The Balaban J connectivity index is 0.000001000. The van der Waals surface area contributed by atoms with Crippen molar-refractivity contribution in [3.05, 3.63) is 23.5 Å². The molecule has 1 N–H and O–H groups in total. The summed E-state index contributed by atoms with van der Waals surface area (Å²) in [6.45, 7) is 3.84. The van der Waals surface area contributed by atoms with E-state index in [2.05, 4.69) is 4.98 Å². The van der Waals surface area contributed by atoms with Gasteiger partial charge in [0.15, 0.2) is 0 Å². The van der Waals surface area contributed by atoms with Crippen LogP contribution >= 0.6 is 12.4 Å². The maximum absolute atomic E-state index is 9.08. The fraction of sp³-hybridized carbons (Fsp3) is 0.375. The van der Waals surface area contributed by atoms with E-state index in [1.54, 1.807) is 13.0 Å². The predicted molar refractivity (Wildman–Crippen MR) is 47.3 cm³/mol. The summed E-state index contributed by atoms with van der Waals surface area (Å²) >= 11 is 0. The third-order valence-electron chi connectivity index (χ3n) is 1.48. The van der Waals surface area contributed by atoms with Crippen molar-refractivity contribution in [2.24, 2.45) is 0 Å². The van der Waals surface area contributed by atoms with Crippen LogP contribution in [-0.4, -0.2) is 10.1 Å². The lowest BCUT2D eigenvalue weighted by Crippen LogP contribution is -1.88. The number of pyridine rings is 1. The molecule has 0 saturated carbocycles. The maximum Gasteiger partial charge on any atom is 0.136 e. The number of nitrogens with zero attached hydrogens (tertiary/aromatic N) is 1. The van der Waals surface area contributed by atoms with Gasteiger partial charge >= 0.3 is 0 Å². The van der Waals surface area contributed by atoms with E-state index in [1.807, 2.05) is 13.0 Å². The zero-order valence-corrected chi connectivity index (χ0v) is 7.48. The largest absolute Gasteiger partial charge is 0.506 e. The predicted octanol–water partition coefficient (Wildman–Crippen LogP) is 2.08. The Morgan fingerprint density at radius 2 is 2.09 bits per heavy atom. The third kappa shape index (κ3) is 2.39. The van der Waals surface area contributed by atoms with E-state index in [1.165, 1.54) is 0 Å². The first kappa shape index (κ1) is 10.2. The third-order valence-corrected chi connectivity index (χ3v) is 1.48. The summed E-state index contributed by atoms with van der Waals surface area (Å²) in [5.41, 5.74) is 1.73. The molecule has 0 bridgehead atoms. The fourth-order valence-corrected chi connectivity index (χ4v) is 0.803. The van der Waals surface area contributed by atoms with Crippen molar-refractivity contribution >= 4 is 12.4 Å². The van der Waals surface area contributed by atoms with E-state index in [0.29, 0.717) is 5.69 Å². The molecule has 62 valence electrons. The lowest BCUT2D eigenvalue weighted by atomic mass is 10.2. The Bertz CT molecular complexity index is 238. The van der Waals surface area contributed by atoms with Crippen molar-refractivity contribution in [2.75, 3.05) is 0 Å². The van der Waals surface area contributed by atoms with E-state index < -0.39 is 0 Å². The molecule has 1 heterocycles. The molecule has 0 aromatic carbocycles. The lowest BCUT2D eigenvalue weighted by molar-refractivity contribution is 0.467. The van der Waals surface area contributed by atoms with Crippen molar-refractivity contribution in [1.82, 2.24) is 4.98 Å². The average Bonchev–Trinajstić information content (AvgIpc) is 1.95. The first-order valence-electron chi connectivity index (χ1n) is 3.39. The van der Waals surface area contributed by atoms with E-state index in [9.17, 15) is 0 Å². The molecule has 0 radical (unpaired) electrons. The van der Waals surface area contributed by atoms with Crippen LogP contribution in [0.4, 0.5) is 0 Å². The monoisotopic (exact) mass is 173 g/mol. The molecule has 0 unspecified atom stereocenters. The van der Waals surface area contributed by atoms with Gasteiger partial charge in [0.05, 0.1) is 5.69 Å². The second-order valence-electron chi connectivity index (χ2n) is 2.26. The van der Waals surface area contributed by atoms with Gasteiger partial charge in [0.25, 0.3) is 0 Å². The van der Waals surface area contributed by atoms with Crippen molar-refractivity contribution in [3.63, 3.8) is 0 Å². The molecule has 0 aliphatic carbocycles. The van der Waals surface area contributed by atoms with Gasteiger partial charge in [0, 0.05) is 5.69 Å². The van der Waals surface area contributed by atoms with Crippen LogP contribution in [0.15, 0.2) is 12.1 Å². The number of aromatic hydroxyl groups is 1. The molecule has 3 heteroatoms. The Morgan fingerprint density at radius 1 is 1.45 bits per heavy atom. The van der Waals surface area contributed by atoms with Crippen LogP contribution in [0.25, 0.3) is 0 Å². The van der Waals surface area contributed by atoms with Crippen molar-refractivity contribution in [2.45, 2.75) is 20.3 Å². The van der Waals surface area contributed by atoms with Gasteiger partial charge in [-0.15, -0.1) is 12.4 Å². The molecule has 0 fully saturated rings. The van der Waals surface area contributed by atoms with Crippen LogP contribution in [0.2, 0.25) is 0 Å². The summed E-state index contributed by atoms with van der Waals surface area (Å²) < 4.78 is 0. The van der Waals surface area contributed by atoms with Gasteiger partial charge in [-0.25, -0.2) is 0 Å². The Kier molecular flexibility index (Phi) is 3.90. The Hall–Kier alpha value is -0.760. The molecule has 1 aromatic heterocycles. The molecule has 0 amide bonds. The average molecular weight is 174 g/mol. The molecule has 11 heavy (non-hydrogen) atoms. The van der Waals surface area contributed by atoms with E-state index >= 15 is 0 Å². The first-order chi connectivity index (χ1) is 4.74. The maximum atomic E-state index is 9.08. The molecular formula is C8H12ClNO. The van der Waals surface area contributed by atoms with Gasteiger partial charge in [0.2, 0.25) is 0 Å². The fourth-order valence-electron chi connectivity index (χ4n) is 0.803. The van der Waals surface area contributed by atoms with Crippen molar-refractivity contribution in [1.29, 1.82) is 0 Å². The van der Waals surface area contributed by atoms with Gasteiger partial charge in [-0.3, -0.25) is 4.98 Å². The van der Waals surface area contributed by atoms with Crippen LogP contribution in [0.1, 0.15) is 18.3 Å². The number of hydrogen-bond acceptors (Lipinski definition) is 2. The lowest BCUT2D eigenvalue weighted by Gasteiger charge is -1.98. The van der Waals surface area contributed by atoms with Crippen LogP contribution in [0.5, 0.6) is 5.75 Å². The van der Waals surface area contributed by atoms with Crippen LogP contribution in [0.3, 0.4) is 0 Å². The molecule has 2 nitrogen and oxygen atoms in total. The van der Waals surface area contributed by atoms with Crippen LogP contribution in [0, 0.1) is 6.92 Å². The highest BCUT2D eigenvalue weighted by molar-refractivity contribution is 5.85. The summed E-state index contributed by atoms with van der Waals surface area (Å²) in [5.74, 6) is 0.275. The number of hydrogen-bond donors (Lipinski definition) is 1. The van der Waals surface area contributed by atoms with Gasteiger partial charge in [0.1, 0.15) is 5.75 Å². The zero-order chi connectivity index (χ0) is 7.56. The first-order valence-corrected chi connectivity index (χ1v) is 3.39. The molecule has 0 spiro atoms. The van der Waals surface area contributed by atoms with Crippen LogP contribution in [-0.2, 0) is 6.42 Å². The SMILES string of the molecule is CCc1ccc(O)c(C)n1.Cl. The van der Waals surface area contributed by atoms with Crippen LogP contribution < -0.4 is 0 Å². The molecule has 1 rings (SSSR count). The van der Waals surface area contributed by atoms with E-state index in [4.69, 9.17) is 5.11 Å². The quantitative estimate of drug-likeness (QED) is 0.706.